The number of nitrogens with zero attached hydrogens (tertiary/aromatic N) is 3. The van der Waals surface area contributed by atoms with E-state index in [1.807, 2.05) is 6.92 Å². The van der Waals surface area contributed by atoms with Gasteiger partial charge in [0, 0.05) is 6.07 Å². The van der Waals surface area contributed by atoms with Crippen LogP contribution in [0.2, 0.25) is 0 Å². The molecule has 0 saturated carbocycles. The van der Waals surface area contributed by atoms with Gasteiger partial charge < -0.3 is 19.6 Å². The molecular weight excluding hydrogens is 284 g/mol. The molecule has 3 aromatic heterocycles. The van der Waals surface area contributed by atoms with E-state index >= 15 is 0 Å². The van der Waals surface area contributed by atoms with Crippen molar-refractivity contribution in [3.05, 3.63) is 30.0 Å². The Hall–Kier alpha value is -2.83. The molecule has 0 aliphatic heterocycles. The fourth-order valence-electron chi connectivity index (χ4n) is 2.21. The van der Waals surface area contributed by atoms with Crippen molar-refractivity contribution in [2.24, 2.45) is 0 Å². The first-order valence-corrected chi connectivity index (χ1v) is 6.87. The van der Waals surface area contributed by atoms with E-state index < -0.39 is 0 Å². The van der Waals surface area contributed by atoms with Gasteiger partial charge >= 0.3 is 0 Å². The lowest BCUT2D eigenvalue weighted by Crippen LogP contribution is -1.95. The van der Waals surface area contributed by atoms with Crippen LogP contribution in [0.25, 0.3) is 11.0 Å². The van der Waals surface area contributed by atoms with Crippen LogP contribution in [0, 0.1) is 6.92 Å². The number of aryl methyl sites for hydroxylation is 2. The van der Waals surface area contributed by atoms with Gasteiger partial charge in [-0.3, -0.25) is 4.98 Å². The molecule has 7 nitrogen and oxygen atoms in total. The number of fused-ring (bicyclic) bond motifs is 1. The lowest BCUT2D eigenvalue weighted by Gasteiger charge is -2.07. The molecule has 3 aromatic rings. The Balaban J connectivity index is 2.11. The van der Waals surface area contributed by atoms with Crippen LogP contribution in [-0.4, -0.2) is 32.2 Å². The van der Waals surface area contributed by atoms with Crippen LogP contribution in [0.4, 0.5) is 0 Å². The molecule has 0 amide bonds. The number of aromatic hydroxyl groups is 1. The van der Waals surface area contributed by atoms with Gasteiger partial charge in [-0.25, -0.2) is 4.98 Å². The third-order valence-electron chi connectivity index (χ3n) is 3.27. The van der Waals surface area contributed by atoms with Crippen molar-refractivity contribution in [2.45, 2.75) is 20.3 Å². The fourth-order valence-corrected chi connectivity index (χ4v) is 2.21. The molecule has 0 saturated heterocycles. The highest BCUT2D eigenvalue weighted by Gasteiger charge is 2.18. The summed E-state index contributed by atoms with van der Waals surface area (Å²) >= 11 is 0. The molecule has 114 valence electrons. The molecule has 3 heterocycles. The standard InChI is InChI=1S/C15H16N4O3/c1-4-11-13(20)12-14(19-11)17-8(2)18-15(12)22-10-5-9(21-3)6-16-7-10/h5-7,20H,4H2,1-3H3,(H,17,18,19). The van der Waals surface area contributed by atoms with Crippen molar-refractivity contribution in [1.82, 2.24) is 19.9 Å². The van der Waals surface area contributed by atoms with Gasteiger partial charge in [0.2, 0.25) is 5.88 Å². The van der Waals surface area contributed by atoms with E-state index in [4.69, 9.17) is 9.47 Å². The molecule has 0 unspecified atom stereocenters. The minimum absolute atomic E-state index is 0.114. The quantitative estimate of drug-likeness (QED) is 0.769. The number of methoxy groups -OCH3 is 1. The minimum atomic E-state index is 0.114. The van der Waals surface area contributed by atoms with E-state index in [9.17, 15) is 5.11 Å². The highest BCUT2D eigenvalue weighted by Crippen LogP contribution is 2.36. The van der Waals surface area contributed by atoms with Gasteiger partial charge in [0.05, 0.1) is 25.2 Å². The predicted octanol–water partition coefficient (Wildman–Crippen LogP) is 2.73. The Morgan fingerprint density at radius 1 is 1.23 bits per heavy atom. The third-order valence-corrected chi connectivity index (χ3v) is 3.27. The fraction of sp³-hybridized carbons (Fsp3) is 0.267. The van der Waals surface area contributed by atoms with Gasteiger partial charge in [-0.05, 0) is 13.3 Å². The van der Waals surface area contributed by atoms with Crippen molar-refractivity contribution in [3.8, 4) is 23.1 Å². The van der Waals surface area contributed by atoms with E-state index in [0.29, 0.717) is 40.5 Å². The second-order valence-corrected chi connectivity index (χ2v) is 4.77. The molecule has 3 rings (SSSR count). The molecule has 0 spiro atoms. The van der Waals surface area contributed by atoms with Crippen molar-refractivity contribution in [1.29, 1.82) is 0 Å². The number of H-pyrrole nitrogens is 1. The molecule has 22 heavy (non-hydrogen) atoms. The zero-order chi connectivity index (χ0) is 15.7. The SMILES string of the molecule is CCc1[nH]c2nc(C)nc(Oc3cncc(OC)c3)c2c1O. The maximum atomic E-state index is 10.3. The highest BCUT2D eigenvalue weighted by molar-refractivity contribution is 5.89. The number of aromatic nitrogens is 4. The highest BCUT2D eigenvalue weighted by atomic mass is 16.5. The lowest BCUT2D eigenvalue weighted by atomic mass is 10.3. The van der Waals surface area contributed by atoms with Crippen LogP contribution < -0.4 is 9.47 Å². The summed E-state index contributed by atoms with van der Waals surface area (Å²) in [5.41, 5.74) is 1.25. The second-order valence-electron chi connectivity index (χ2n) is 4.77. The molecular formula is C15H16N4O3. The zero-order valence-corrected chi connectivity index (χ0v) is 12.5. The number of rotatable bonds is 4. The molecule has 2 N–H and O–H groups in total. The Labute approximate surface area is 127 Å². The molecule has 0 aliphatic carbocycles. The average molecular weight is 300 g/mol. The van der Waals surface area contributed by atoms with E-state index in [0.717, 1.165) is 0 Å². The van der Waals surface area contributed by atoms with Gasteiger partial charge in [0.1, 0.15) is 22.6 Å². The van der Waals surface area contributed by atoms with Crippen LogP contribution in [0.5, 0.6) is 23.1 Å². The van der Waals surface area contributed by atoms with Crippen molar-refractivity contribution in [3.63, 3.8) is 0 Å². The number of aromatic amines is 1. The second kappa shape index (κ2) is 5.51. The molecule has 0 radical (unpaired) electrons. The maximum Gasteiger partial charge on any atom is 0.235 e. The maximum absolute atomic E-state index is 10.3. The lowest BCUT2D eigenvalue weighted by molar-refractivity contribution is 0.404. The smallest absolute Gasteiger partial charge is 0.235 e. The van der Waals surface area contributed by atoms with E-state index in [-0.39, 0.29) is 11.6 Å². The summed E-state index contributed by atoms with van der Waals surface area (Å²) in [5, 5.41) is 10.8. The third kappa shape index (κ3) is 2.41. The number of hydrogen-bond acceptors (Lipinski definition) is 6. The van der Waals surface area contributed by atoms with Crippen LogP contribution in [0.3, 0.4) is 0 Å². The van der Waals surface area contributed by atoms with Crippen LogP contribution in [0.15, 0.2) is 18.5 Å². The zero-order valence-electron chi connectivity index (χ0n) is 12.5. The minimum Gasteiger partial charge on any atom is -0.505 e. The van der Waals surface area contributed by atoms with Gasteiger partial charge in [0.15, 0.2) is 11.5 Å². The normalized spacial score (nSPS) is 10.9. The van der Waals surface area contributed by atoms with Crippen LogP contribution in [0.1, 0.15) is 18.4 Å². The first-order valence-electron chi connectivity index (χ1n) is 6.87. The molecule has 7 heteroatoms. The number of ether oxygens (including phenoxy) is 2. The Morgan fingerprint density at radius 3 is 2.73 bits per heavy atom. The molecule has 0 aromatic carbocycles. The summed E-state index contributed by atoms with van der Waals surface area (Å²) in [5.74, 6) is 1.99. The monoisotopic (exact) mass is 300 g/mol. The number of pyridine rings is 1. The Kier molecular flexibility index (Phi) is 3.54. The van der Waals surface area contributed by atoms with Gasteiger partial charge in [0.25, 0.3) is 0 Å². The predicted molar refractivity (Wildman–Crippen MR) is 80.5 cm³/mol. The molecule has 0 atom stereocenters. The summed E-state index contributed by atoms with van der Waals surface area (Å²) in [6.07, 6.45) is 3.79. The topological polar surface area (TPSA) is 93.2 Å². The van der Waals surface area contributed by atoms with E-state index in [1.54, 1.807) is 32.5 Å². The van der Waals surface area contributed by atoms with E-state index in [1.165, 1.54) is 0 Å². The van der Waals surface area contributed by atoms with Gasteiger partial charge in [-0.15, -0.1) is 0 Å². The summed E-state index contributed by atoms with van der Waals surface area (Å²) in [7, 11) is 1.55. The number of hydrogen-bond donors (Lipinski definition) is 2. The van der Waals surface area contributed by atoms with Gasteiger partial charge in [-0.2, -0.15) is 4.98 Å². The average Bonchev–Trinajstić information content (AvgIpc) is 2.83. The van der Waals surface area contributed by atoms with Crippen molar-refractivity contribution in [2.75, 3.05) is 7.11 Å². The largest absolute Gasteiger partial charge is 0.505 e. The molecule has 0 aliphatic rings. The summed E-state index contributed by atoms with van der Waals surface area (Å²) in [4.78, 5) is 15.7. The number of nitrogens with one attached hydrogen (secondary N) is 1. The first-order chi connectivity index (χ1) is 10.6. The summed E-state index contributed by atoms with van der Waals surface area (Å²) < 4.78 is 10.9. The summed E-state index contributed by atoms with van der Waals surface area (Å²) in [6.45, 7) is 3.71. The van der Waals surface area contributed by atoms with Crippen LogP contribution >= 0.6 is 0 Å². The van der Waals surface area contributed by atoms with Gasteiger partial charge in [-0.1, -0.05) is 6.92 Å². The summed E-state index contributed by atoms with van der Waals surface area (Å²) in [6, 6.07) is 1.70. The molecule has 0 fully saturated rings. The Bertz CT molecular complexity index is 829. The first kappa shape index (κ1) is 14.1. The molecule has 0 bridgehead atoms. The van der Waals surface area contributed by atoms with Crippen LogP contribution in [-0.2, 0) is 6.42 Å². The van der Waals surface area contributed by atoms with E-state index in [2.05, 4.69) is 19.9 Å². The van der Waals surface area contributed by atoms with Crippen molar-refractivity contribution < 1.29 is 14.6 Å². The Morgan fingerprint density at radius 2 is 2.00 bits per heavy atom. The van der Waals surface area contributed by atoms with Crippen molar-refractivity contribution >= 4 is 11.0 Å².